The first-order valence-corrected chi connectivity index (χ1v) is 7.06. The molecular weight excluding hydrogens is 326 g/mol. The number of hydrogen-bond acceptors (Lipinski definition) is 6. The Balaban J connectivity index is 2.13. The van der Waals surface area contributed by atoms with Gasteiger partial charge in [-0.25, -0.2) is 9.97 Å². The van der Waals surface area contributed by atoms with E-state index < -0.39 is 29.9 Å². The molecule has 25 heavy (non-hydrogen) atoms. The highest BCUT2D eigenvalue weighted by molar-refractivity contribution is 6.01. The Hall–Kier alpha value is -3.86. The van der Waals surface area contributed by atoms with Crippen LogP contribution < -0.4 is 5.32 Å². The zero-order chi connectivity index (χ0) is 18.0. The molecule has 0 unspecified atom stereocenters. The number of oxazole rings is 1. The molecule has 0 bridgehead atoms. The highest BCUT2D eigenvalue weighted by Crippen LogP contribution is 2.33. The zero-order valence-electron chi connectivity index (χ0n) is 12.7. The van der Waals surface area contributed by atoms with E-state index in [4.69, 9.17) is 15.9 Å². The van der Waals surface area contributed by atoms with E-state index in [0.29, 0.717) is 5.56 Å². The Morgan fingerprint density at radius 3 is 2.60 bits per heavy atom. The van der Waals surface area contributed by atoms with Crippen LogP contribution in [-0.2, 0) is 4.79 Å². The number of fused-ring (bicyclic) bond motifs is 1. The highest BCUT2D eigenvalue weighted by atomic mass is 16.4. The molecule has 0 fully saturated rings. The van der Waals surface area contributed by atoms with Gasteiger partial charge in [0.05, 0.1) is 0 Å². The van der Waals surface area contributed by atoms with E-state index >= 15 is 0 Å². The third-order valence-corrected chi connectivity index (χ3v) is 3.29. The first kappa shape index (κ1) is 16.0. The van der Waals surface area contributed by atoms with Crippen LogP contribution >= 0.6 is 0 Å². The normalized spacial score (nSPS) is 10.4. The van der Waals surface area contributed by atoms with Gasteiger partial charge in [-0.15, -0.1) is 6.42 Å². The molecule has 0 aliphatic rings. The molecule has 0 atom stereocenters. The van der Waals surface area contributed by atoms with Gasteiger partial charge in [0.2, 0.25) is 11.5 Å². The van der Waals surface area contributed by atoms with Gasteiger partial charge >= 0.3 is 5.97 Å². The number of carbonyl (C=O) groups is 2. The first-order chi connectivity index (χ1) is 12.0. The van der Waals surface area contributed by atoms with Crippen LogP contribution in [0, 0.1) is 12.3 Å². The van der Waals surface area contributed by atoms with Crippen LogP contribution in [0.2, 0.25) is 0 Å². The largest absolute Gasteiger partial charge is 0.503 e. The molecule has 0 aliphatic carbocycles. The van der Waals surface area contributed by atoms with Crippen molar-refractivity contribution in [2.45, 2.75) is 0 Å². The molecule has 1 aromatic carbocycles. The lowest BCUT2D eigenvalue weighted by molar-refractivity contribution is -0.135. The van der Waals surface area contributed by atoms with Crippen LogP contribution in [0.3, 0.4) is 0 Å². The third kappa shape index (κ3) is 2.98. The lowest BCUT2D eigenvalue weighted by Gasteiger charge is -2.05. The van der Waals surface area contributed by atoms with E-state index in [-0.39, 0.29) is 22.7 Å². The maximum Gasteiger partial charge on any atom is 0.322 e. The number of terminal acetylenes is 1. The highest BCUT2D eigenvalue weighted by Gasteiger charge is 2.23. The molecule has 124 valence electrons. The van der Waals surface area contributed by atoms with Gasteiger partial charge in [0.15, 0.2) is 11.4 Å². The zero-order valence-corrected chi connectivity index (χ0v) is 12.7. The summed E-state index contributed by atoms with van der Waals surface area (Å²) in [5, 5.41) is 21.0. The third-order valence-electron chi connectivity index (χ3n) is 3.29. The van der Waals surface area contributed by atoms with E-state index in [9.17, 15) is 14.7 Å². The molecule has 8 nitrogen and oxygen atoms in total. The summed E-state index contributed by atoms with van der Waals surface area (Å²) in [6.45, 7) is -0.630. The number of carboxylic acid groups (broad SMARTS) is 1. The van der Waals surface area contributed by atoms with Crippen LogP contribution in [-0.4, -0.2) is 38.6 Å². The van der Waals surface area contributed by atoms with E-state index in [1.165, 1.54) is 0 Å². The minimum absolute atomic E-state index is 0.000735. The second kappa shape index (κ2) is 6.33. The van der Waals surface area contributed by atoms with Crippen LogP contribution in [0.4, 0.5) is 0 Å². The van der Waals surface area contributed by atoms with E-state index in [0.717, 1.165) is 0 Å². The molecular formula is C17H11N3O5. The molecule has 0 radical (unpaired) electrons. The maximum atomic E-state index is 12.0. The second-order valence-electron chi connectivity index (χ2n) is 4.94. The van der Waals surface area contributed by atoms with Crippen LogP contribution in [0.15, 0.2) is 34.7 Å². The number of carboxylic acids is 1. The summed E-state index contributed by atoms with van der Waals surface area (Å²) >= 11 is 0. The summed E-state index contributed by atoms with van der Waals surface area (Å²) in [6.07, 6.45) is 5.40. The smallest absolute Gasteiger partial charge is 0.322 e. The van der Waals surface area contributed by atoms with Crippen molar-refractivity contribution in [3.8, 4) is 29.5 Å². The lowest BCUT2D eigenvalue weighted by atomic mass is 10.2. The van der Waals surface area contributed by atoms with Gasteiger partial charge in [0.25, 0.3) is 5.91 Å². The fraction of sp³-hybridized carbons (Fsp3) is 0.0588. The summed E-state index contributed by atoms with van der Waals surface area (Å²) in [7, 11) is 0. The quantitative estimate of drug-likeness (QED) is 0.614. The van der Waals surface area contributed by atoms with Crippen molar-refractivity contribution >= 4 is 23.0 Å². The summed E-state index contributed by atoms with van der Waals surface area (Å²) in [5.41, 5.74) is 0.255. The summed E-state index contributed by atoms with van der Waals surface area (Å²) in [5.74, 6) is -0.212. The molecule has 3 N–H and O–H groups in total. The van der Waals surface area contributed by atoms with Crippen LogP contribution in [0.5, 0.6) is 5.75 Å². The minimum atomic E-state index is -1.24. The van der Waals surface area contributed by atoms with Crippen molar-refractivity contribution < 1.29 is 24.2 Å². The fourth-order valence-corrected chi connectivity index (χ4v) is 2.17. The molecule has 3 aromatic rings. The second-order valence-corrected chi connectivity index (χ2v) is 4.94. The Kier molecular flexibility index (Phi) is 4.05. The predicted molar refractivity (Wildman–Crippen MR) is 86.8 cm³/mol. The number of nitrogens with zero attached hydrogens (tertiary/aromatic N) is 2. The molecule has 8 heteroatoms. The van der Waals surface area contributed by atoms with Crippen LogP contribution in [0.1, 0.15) is 16.2 Å². The molecule has 2 aromatic heterocycles. The summed E-state index contributed by atoms with van der Waals surface area (Å²) in [6, 6.07) is 8.91. The van der Waals surface area contributed by atoms with Gasteiger partial charge in [0, 0.05) is 5.56 Å². The standard InChI is InChI=1S/C17H11N3O5/c1-2-10-12-15(25-17(20-12)9-6-4-3-5-7-9)14(23)13(19-10)16(24)18-8-11(21)22/h1,3-7,23H,8H2,(H,18,24)(H,21,22). The minimum Gasteiger partial charge on any atom is -0.503 e. The molecule has 0 saturated carbocycles. The topological polar surface area (TPSA) is 126 Å². The summed E-state index contributed by atoms with van der Waals surface area (Å²) < 4.78 is 5.55. The Morgan fingerprint density at radius 1 is 1.24 bits per heavy atom. The van der Waals surface area contributed by atoms with Gasteiger partial charge in [0.1, 0.15) is 17.8 Å². The van der Waals surface area contributed by atoms with Crippen LogP contribution in [0.25, 0.3) is 22.6 Å². The summed E-state index contributed by atoms with van der Waals surface area (Å²) in [4.78, 5) is 30.7. The van der Waals surface area contributed by atoms with Crippen molar-refractivity contribution in [3.05, 3.63) is 41.7 Å². The Bertz CT molecular complexity index is 1020. The lowest BCUT2D eigenvalue weighted by Crippen LogP contribution is -2.30. The van der Waals surface area contributed by atoms with Gasteiger partial charge in [-0.2, -0.15) is 0 Å². The van der Waals surface area contributed by atoms with Gasteiger partial charge in [-0.1, -0.05) is 18.2 Å². The number of aliphatic carboxylic acids is 1. The number of aromatic hydroxyl groups is 1. The predicted octanol–water partition coefficient (Wildman–Crippen LogP) is 1.39. The fourth-order valence-electron chi connectivity index (χ4n) is 2.17. The van der Waals surface area contributed by atoms with E-state index in [2.05, 4.69) is 21.2 Å². The van der Waals surface area contributed by atoms with Crippen molar-refractivity contribution in [3.63, 3.8) is 0 Å². The number of rotatable bonds is 4. The number of nitrogens with one attached hydrogen (secondary N) is 1. The number of carbonyl (C=O) groups excluding carboxylic acids is 1. The van der Waals surface area contributed by atoms with Crippen molar-refractivity contribution in [1.29, 1.82) is 0 Å². The molecule has 0 saturated heterocycles. The molecule has 0 aliphatic heterocycles. The average Bonchev–Trinajstić information content (AvgIpc) is 3.07. The van der Waals surface area contributed by atoms with Gasteiger partial charge < -0.3 is 19.9 Å². The Morgan fingerprint density at radius 2 is 1.96 bits per heavy atom. The average molecular weight is 337 g/mol. The number of benzene rings is 1. The van der Waals surface area contributed by atoms with Crippen molar-refractivity contribution in [1.82, 2.24) is 15.3 Å². The van der Waals surface area contributed by atoms with Crippen molar-refractivity contribution in [2.75, 3.05) is 6.54 Å². The van der Waals surface area contributed by atoms with Gasteiger partial charge in [-0.3, -0.25) is 9.59 Å². The molecule has 3 rings (SSSR count). The Labute approximate surface area is 141 Å². The number of aromatic nitrogens is 2. The monoisotopic (exact) mass is 337 g/mol. The first-order valence-electron chi connectivity index (χ1n) is 7.06. The van der Waals surface area contributed by atoms with E-state index in [1.54, 1.807) is 24.3 Å². The van der Waals surface area contributed by atoms with Crippen molar-refractivity contribution in [2.24, 2.45) is 0 Å². The number of amides is 1. The van der Waals surface area contributed by atoms with Gasteiger partial charge in [-0.05, 0) is 18.1 Å². The molecule has 1 amide bonds. The van der Waals surface area contributed by atoms with E-state index in [1.807, 2.05) is 6.07 Å². The molecule has 0 spiro atoms. The number of pyridine rings is 1. The number of hydrogen-bond donors (Lipinski definition) is 3. The molecule has 2 heterocycles. The SMILES string of the molecule is C#Cc1nc(C(=O)NCC(=O)O)c(O)c2oc(-c3ccccc3)nc12. The maximum absolute atomic E-state index is 12.0.